The highest BCUT2D eigenvalue weighted by Gasteiger charge is 2.07. The molecule has 0 saturated heterocycles. The molecule has 98 valence electrons. The molecule has 2 rings (SSSR count). The average molecular weight is 278 g/mol. The van der Waals surface area contributed by atoms with Gasteiger partial charge in [0.2, 0.25) is 0 Å². The van der Waals surface area contributed by atoms with Crippen molar-refractivity contribution >= 4 is 28.9 Å². The summed E-state index contributed by atoms with van der Waals surface area (Å²) in [5, 5.41) is 3.02. The molecule has 0 aliphatic heterocycles. The summed E-state index contributed by atoms with van der Waals surface area (Å²) in [5.74, 6) is 0.132. The number of carbonyl (C=O) groups is 1. The maximum Gasteiger partial charge on any atom is 0.262 e. The first kappa shape index (κ1) is 13.2. The molecule has 1 aromatic heterocycles. The summed E-state index contributed by atoms with van der Waals surface area (Å²) in [6.07, 6.45) is 3.01. The van der Waals surface area contributed by atoms with Crippen molar-refractivity contribution in [2.45, 2.75) is 0 Å². The number of nitrogens with zero attached hydrogens (tertiary/aromatic N) is 1. The predicted molar refractivity (Wildman–Crippen MR) is 74.2 cm³/mol. The van der Waals surface area contributed by atoms with Crippen molar-refractivity contribution in [3.8, 4) is 5.75 Å². The first-order valence-corrected chi connectivity index (χ1v) is 5.91. The molecule has 0 aliphatic carbocycles. The van der Waals surface area contributed by atoms with Crippen LogP contribution in [0.4, 0.5) is 11.4 Å². The van der Waals surface area contributed by atoms with Crippen LogP contribution in [0, 0.1) is 0 Å². The molecule has 0 radical (unpaired) electrons. The van der Waals surface area contributed by atoms with Crippen LogP contribution in [0.1, 0.15) is 0 Å². The van der Waals surface area contributed by atoms with E-state index in [1.165, 1.54) is 6.20 Å². The van der Waals surface area contributed by atoms with E-state index >= 15 is 0 Å². The highest BCUT2D eigenvalue weighted by molar-refractivity contribution is 6.33. The van der Waals surface area contributed by atoms with Crippen LogP contribution in [0.2, 0.25) is 5.02 Å². The van der Waals surface area contributed by atoms with E-state index in [0.29, 0.717) is 22.1 Å². The lowest BCUT2D eigenvalue weighted by Gasteiger charge is -2.09. The number of hydrogen-bond donors (Lipinski definition) is 2. The molecule has 0 spiro atoms. The highest BCUT2D eigenvalue weighted by Crippen LogP contribution is 2.21. The second-order valence-electron chi connectivity index (χ2n) is 3.73. The van der Waals surface area contributed by atoms with Gasteiger partial charge in [0.1, 0.15) is 5.75 Å². The van der Waals surface area contributed by atoms with Crippen LogP contribution in [-0.2, 0) is 4.79 Å². The van der Waals surface area contributed by atoms with E-state index in [1.807, 2.05) is 0 Å². The van der Waals surface area contributed by atoms with Gasteiger partial charge in [0.15, 0.2) is 6.61 Å². The monoisotopic (exact) mass is 277 g/mol. The van der Waals surface area contributed by atoms with Crippen LogP contribution < -0.4 is 15.8 Å². The Hall–Kier alpha value is -2.27. The van der Waals surface area contributed by atoms with Gasteiger partial charge in [-0.15, -0.1) is 0 Å². The molecule has 6 heteroatoms. The lowest BCUT2D eigenvalue weighted by molar-refractivity contribution is -0.118. The Balaban J connectivity index is 1.92. The number of nitrogens with one attached hydrogen (secondary N) is 1. The SMILES string of the molecule is Nc1ccccc1OCC(=O)Nc1cnccc1Cl. The number of ether oxygens (including phenoxy) is 1. The van der Waals surface area contributed by atoms with E-state index in [2.05, 4.69) is 10.3 Å². The first-order chi connectivity index (χ1) is 9.16. The van der Waals surface area contributed by atoms with E-state index < -0.39 is 0 Å². The predicted octanol–water partition coefficient (Wildman–Crippen LogP) is 2.33. The number of nitrogens with two attached hydrogens (primary N) is 1. The number of carbonyl (C=O) groups excluding carboxylic acids is 1. The topological polar surface area (TPSA) is 77.2 Å². The molecule has 0 bridgehead atoms. The standard InChI is InChI=1S/C13H12ClN3O2/c14-9-5-6-16-7-11(9)17-13(18)8-19-12-4-2-1-3-10(12)15/h1-7H,8,15H2,(H,17,18). The Labute approximate surface area is 115 Å². The van der Waals surface area contributed by atoms with Crippen molar-refractivity contribution in [1.82, 2.24) is 4.98 Å². The van der Waals surface area contributed by atoms with Gasteiger partial charge < -0.3 is 15.8 Å². The fourth-order valence-corrected chi connectivity index (χ4v) is 1.56. The quantitative estimate of drug-likeness (QED) is 0.841. The summed E-state index contributed by atoms with van der Waals surface area (Å²) >= 11 is 5.90. The maximum absolute atomic E-state index is 11.7. The van der Waals surface area contributed by atoms with E-state index in [1.54, 1.807) is 36.5 Å². The second kappa shape index (κ2) is 6.06. The molecule has 2 aromatic rings. The van der Waals surface area contributed by atoms with Gasteiger partial charge in [0.05, 0.1) is 22.6 Å². The number of anilines is 2. The van der Waals surface area contributed by atoms with E-state index in [9.17, 15) is 4.79 Å². The zero-order valence-electron chi connectivity index (χ0n) is 9.97. The van der Waals surface area contributed by atoms with Crippen LogP contribution in [0.15, 0.2) is 42.7 Å². The van der Waals surface area contributed by atoms with Crippen molar-refractivity contribution in [3.63, 3.8) is 0 Å². The van der Waals surface area contributed by atoms with Gasteiger partial charge in [0.25, 0.3) is 5.91 Å². The number of halogens is 1. The molecular formula is C13H12ClN3O2. The molecule has 3 N–H and O–H groups in total. The minimum atomic E-state index is -0.335. The number of rotatable bonds is 4. The van der Waals surface area contributed by atoms with E-state index in [0.717, 1.165) is 0 Å². The number of para-hydroxylation sites is 2. The molecule has 0 saturated carbocycles. The number of hydrogen-bond acceptors (Lipinski definition) is 4. The zero-order chi connectivity index (χ0) is 13.7. The van der Waals surface area contributed by atoms with Crippen molar-refractivity contribution in [2.75, 3.05) is 17.7 Å². The summed E-state index contributed by atoms with van der Waals surface area (Å²) in [6, 6.07) is 8.55. The Kier molecular flexibility index (Phi) is 4.20. The number of pyridine rings is 1. The molecule has 1 heterocycles. The Morgan fingerprint density at radius 3 is 2.89 bits per heavy atom. The third-order valence-corrected chi connectivity index (χ3v) is 2.65. The van der Waals surface area contributed by atoms with Crippen molar-refractivity contribution < 1.29 is 9.53 Å². The molecule has 19 heavy (non-hydrogen) atoms. The molecule has 0 fully saturated rings. The third kappa shape index (κ3) is 3.59. The fraction of sp³-hybridized carbons (Fsp3) is 0.0769. The maximum atomic E-state index is 11.7. The molecular weight excluding hydrogens is 266 g/mol. The second-order valence-corrected chi connectivity index (χ2v) is 4.14. The van der Waals surface area contributed by atoms with Crippen molar-refractivity contribution in [1.29, 1.82) is 0 Å². The average Bonchev–Trinajstić information content (AvgIpc) is 2.40. The Morgan fingerprint density at radius 1 is 1.37 bits per heavy atom. The Bertz CT molecular complexity index is 590. The van der Waals surface area contributed by atoms with Crippen molar-refractivity contribution in [3.05, 3.63) is 47.7 Å². The lowest BCUT2D eigenvalue weighted by atomic mass is 10.3. The lowest BCUT2D eigenvalue weighted by Crippen LogP contribution is -2.20. The summed E-state index contributed by atoms with van der Waals surface area (Å²) in [4.78, 5) is 15.6. The highest BCUT2D eigenvalue weighted by atomic mass is 35.5. The van der Waals surface area contributed by atoms with Crippen molar-refractivity contribution in [2.24, 2.45) is 0 Å². The number of amides is 1. The molecule has 1 amide bonds. The van der Waals surface area contributed by atoms with Gasteiger partial charge in [0, 0.05) is 6.20 Å². The first-order valence-electron chi connectivity index (χ1n) is 5.53. The number of aromatic nitrogens is 1. The normalized spacial score (nSPS) is 9.95. The molecule has 0 atom stereocenters. The van der Waals surface area contributed by atoms with Gasteiger partial charge in [-0.25, -0.2) is 0 Å². The minimum Gasteiger partial charge on any atom is -0.482 e. The van der Waals surface area contributed by atoms with Gasteiger partial charge in [-0.2, -0.15) is 0 Å². The summed E-state index contributed by atoms with van der Waals surface area (Å²) < 4.78 is 5.31. The van der Waals surface area contributed by atoms with E-state index in [-0.39, 0.29) is 12.5 Å². The number of benzene rings is 1. The van der Waals surface area contributed by atoms with Crippen LogP contribution in [0.5, 0.6) is 5.75 Å². The van der Waals surface area contributed by atoms with Gasteiger partial charge in [-0.1, -0.05) is 23.7 Å². The summed E-state index contributed by atoms with van der Waals surface area (Å²) in [5.41, 5.74) is 6.62. The third-order valence-electron chi connectivity index (χ3n) is 2.32. The van der Waals surface area contributed by atoms with Gasteiger partial charge >= 0.3 is 0 Å². The van der Waals surface area contributed by atoms with Gasteiger partial charge in [-0.05, 0) is 18.2 Å². The molecule has 5 nitrogen and oxygen atoms in total. The number of nitrogen functional groups attached to an aromatic ring is 1. The summed E-state index contributed by atoms with van der Waals surface area (Å²) in [6.45, 7) is -0.153. The minimum absolute atomic E-state index is 0.153. The molecule has 0 unspecified atom stereocenters. The zero-order valence-corrected chi connectivity index (χ0v) is 10.7. The molecule has 1 aromatic carbocycles. The van der Waals surface area contributed by atoms with E-state index in [4.69, 9.17) is 22.1 Å². The Morgan fingerprint density at radius 2 is 2.16 bits per heavy atom. The van der Waals surface area contributed by atoms with Crippen LogP contribution >= 0.6 is 11.6 Å². The fourth-order valence-electron chi connectivity index (χ4n) is 1.41. The molecule has 0 aliphatic rings. The summed E-state index contributed by atoms with van der Waals surface area (Å²) in [7, 11) is 0. The van der Waals surface area contributed by atoms with Crippen LogP contribution in [0.3, 0.4) is 0 Å². The smallest absolute Gasteiger partial charge is 0.262 e. The largest absolute Gasteiger partial charge is 0.482 e. The van der Waals surface area contributed by atoms with Gasteiger partial charge in [-0.3, -0.25) is 9.78 Å². The van der Waals surface area contributed by atoms with Crippen LogP contribution in [-0.4, -0.2) is 17.5 Å². The van der Waals surface area contributed by atoms with Crippen LogP contribution in [0.25, 0.3) is 0 Å².